The quantitative estimate of drug-likeness (QED) is 0.830. The smallest absolute Gasteiger partial charge is 0.223 e. The van der Waals surface area contributed by atoms with E-state index in [4.69, 9.17) is 0 Å². The first kappa shape index (κ1) is 19.5. The maximum absolute atomic E-state index is 12.3. The predicted molar refractivity (Wildman–Crippen MR) is 106 cm³/mol. The molecule has 0 aliphatic rings. The van der Waals surface area contributed by atoms with Gasteiger partial charge in [0.05, 0.1) is 6.04 Å². The molecule has 0 aromatic heterocycles. The third-order valence-corrected chi connectivity index (χ3v) is 4.30. The van der Waals surface area contributed by atoms with E-state index in [1.807, 2.05) is 80.5 Å². The van der Waals surface area contributed by atoms with Crippen LogP contribution in [0.2, 0.25) is 0 Å². The van der Waals surface area contributed by atoms with E-state index in [1.165, 1.54) is 6.92 Å². The number of rotatable bonds is 7. The van der Waals surface area contributed by atoms with Crippen LogP contribution in [-0.2, 0) is 9.59 Å². The van der Waals surface area contributed by atoms with Crippen LogP contribution in [0.25, 0.3) is 0 Å². The summed E-state index contributed by atoms with van der Waals surface area (Å²) >= 11 is 0. The van der Waals surface area contributed by atoms with Crippen molar-refractivity contribution in [1.29, 1.82) is 0 Å². The lowest BCUT2D eigenvalue weighted by molar-refractivity contribution is -0.121. The molecule has 2 amide bonds. The standard InChI is InChI=1S/C21H27N3O2/c1-16(18-8-6-5-7-9-18)22-21(26)14-15-24(17(2)25)20-12-10-19(11-13-20)23(3)4/h5-13,16H,14-15H2,1-4H3,(H,22,26). The lowest BCUT2D eigenvalue weighted by Gasteiger charge is -2.23. The highest BCUT2D eigenvalue weighted by atomic mass is 16.2. The molecule has 2 aromatic rings. The van der Waals surface area contributed by atoms with E-state index in [9.17, 15) is 9.59 Å². The summed E-state index contributed by atoms with van der Waals surface area (Å²) in [4.78, 5) is 27.9. The monoisotopic (exact) mass is 353 g/mol. The molecule has 2 aromatic carbocycles. The molecule has 0 heterocycles. The molecule has 0 saturated carbocycles. The van der Waals surface area contributed by atoms with Gasteiger partial charge in [-0.05, 0) is 36.8 Å². The van der Waals surface area contributed by atoms with Gasteiger partial charge in [0.1, 0.15) is 0 Å². The highest BCUT2D eigenvalue weighted by molar-refractivity contribution is 5.92. The lowest BCUT2D eigenvalue weighted by Crippen LogP contribution is -2.34. The van der Waals surface area contributed by atoms with Gasteiger partial charge in [0.25, 0.3) is 0 Å². The first-order valence-electron chi connectivity index (χ1n) is 8.78. The minimum Gasteiger partial charge on any atom is -0.378 e. The number of nitrogens with zero attached hydrogens (tertiary/aromatic N) is 2. The lowest BCUT2D eigenvalue weighted by atomic mass is 10.1. The van der Waals surface area contributed by atoms with Gasteiger partial charge < -0.3 is 15.1 Å². The Bertz CT molecular complexity index is 727. The van der Waals surface area contributed by atoms with Crippen LogP contribution in [0.3, 0.4) is 0 Å². The molecule has 26 heavy (non-hydrogen) atoms. The van der Waals surface area contributed by atoms with E-state index in [1.54, 1.807) is 4.90 Å². The van der Waals surface area contributed by atoms with Gasteiger partial charge in [0.15, 0.2) is 0 Å². The van der Waals surface area contributed by atoms with Crippen LogP contribution < -0.4 is 15.1 Å². The molecule has 1 unspecified atom stereocenters. The number of nitrogens with one attached hydrogen (secondary N) is 1. The minimum atomic E-state index is -0.0773. The fraction of sp³-hybridized carbons (Fsp3) is 0.333. The zero-order valence-corrected chi connectivity index (χ0v) is 15.9. The Kier molecular flexibility index (Phi) is 6.78. The van der Waals surface area contributed by atoms with Crippen LogP contribution in [0.5, 0.6) is 0 Å². The maximum atomic E-state index is 12.3. The van der Waals surface area contributed by atoms with Crippen molar-refractivity contribution in [1.82, 2.24) is 5.32 Å². The SMILES string of the molecule is CC(=O)N(CCC(=O)NC(C)c1ccccc1)c1ccc(N(C)C)cc1. The van der Waals surface area contributed by atoms with Crippen molar-refractivity contribution in [2.24, 2.45) is 0 Å². The number of hydrogen-bond donors (Lipinski definition) is 1. The predicted octanol–water partition coefficient (Wildman–Crippen LogP) is 3.37. The fourth-order valence-electron chi connectivity index (χ4n) is 2.75. The first-order valence-corrected chi connectivity index (χ1v) is 8.78. The summed E-state index contributed by atoms with van der Waals surface area (Å²) in [6, 6.07) is 17.5. The van der Waals surface area contributed by atoms with Gasteiger partial charge in [-0.15, -0.1) is 0 Å². The van der Waals surface area contributed by atoms with Gasteiger partial charge in [0.2, 0.25) is 11.8 Å². The largest absolute Gasteiger partial charge is 0.378 e. The van der Waals surface area contributed by atoms with E-state index in [0.29, 0.717) is 6.54 Å². The highest BCUT2D eigenvalue weighted by Gasteiger charge is 2.15. The minimum absolute atomic E-state index is 0.0612. The van der Waals surface area contributed by atoms with Crippen LogP contribution in [0, 0.1) is 0 Å². The molecule has 0 saturated heterocycles. The normalized spacial score (nSPS) is 11.5. The summed E-state index contributed by atoms with van der Waals surface area (Å²) in [5, 5.41) is 2.98. The average Bonchev–Trinajstić information content (AvgIpc) is 2.62. The molecule has 2 rings (SSSR count). The number of carbonyl (C=O) groups is 2. The van der Waals surface area contributed by atoms with Crippen LogP contribution in [-0.4, -0.2) is 32.5 Å². The summed E-state index contributed by atoms with van der Waals surface area (Å²) in [6.45, 7) is 3.82. The zero-order chi connectivity index (χ0) is 19.1. The second-order valence-corrected chi connectivity index (χ2v) is 6.53. The summed E-state index contributed by atoms with van der Waals surface area (Å²) < 4.78 is 0. The topological polar surface area (TPSA) is 52.7 Å². The number of amides is 2. The van der Waals surface area contributed by atoms with E-state index in [-0.39, 0.29) is 24.3 Å². The third-order valence-electron chi connectivity index (χ3n) is 4.30. The van der Waals surface area contributed by atoms with Crippen molar-refractivity contribution in [2.75, 3.05) is 30.4 Å². The van der Waals surface area contributed by atoms with Crippen LogP contribution in [0.4, 0.5) is 11.4 Å². The number of anilines is 2. The molecular weight excluding hydrogens is 326 g/mol. The summed E-state index contributed by atoms with van der Waals surface area (Å²) in [5.41, 5.74) is 2.92. The Morgan fingerprint density at radius 3 is 2.08 bits per heavy atom. The molecule has 5 nitrogen and oxygen atoms in total. The van der Waals surface area contributed by atoms with E-state index in [0.717, 1.165) is 16.9 Å². The van der Waals surface area contributed by atoms with Crippen molar-refractivity contribution in [3.05, 3.63) is 60.2 Å². The Morgan fingerprint density at radius 2 is 1.54 bits per heavy atom. The van der Waals surface area contributed by atoms with Crippen LogP contribution in [0.1, 0.15) is 31.9 Å². The van der Waals surface area contributed by atoms with Gasteiger partial charge in [-0.3, -0.25) is 9.59 Å². The van der Waals surface area contributed by atoms with Crippen molar-refractivity contribution in [3.63, 3.8) is 0 Å². The molecule has 5 heteroatoms. The Balaban J connectivity index is 1.95. The van der Waals surface area contributed by atoms with Gasteiger partial charge in [0, 0.05) is 45.4 Å². The molecule has 0 bridgehead atoms. The van der Waals surface area contributed by atoms with Gasteiger partial charge in [-0.2, -0.15) is 0 Å². The summed E-state index contributed by atoms with van der Waals surface area (Å²) in [5.74, 6) is -0.149. The van der Waals surface area contributed by atoms with E-state index < -0.39 is 0 Å². The molecule has 0 spiro atoms. The summed E-state index contributed by atoms with van der Waals surface area (Å²) in [7, 11) is 3.94. The second-order valence-electron chi connectivity index (χ2n) is 6.53. The number of carbonyl (C=O) groups excluding carboxylic acids is 2. The van der Waals surface area contributed by atoms with Crippen molar-refractivity contribution >= 4 is 23.2 Å². The fourth-order valence-corrected chi connectivity index (χ4v) is 2.75. The van der Waals surface area contributed by atoms with E-state index >= 15 is 0 Å². The van der Waals surface area contributed by atoms with Crippen molar-refractivity contribution in [2.45, 2.75) is 26.3 Å². The van der Waals surface area contributed by atoms with Crippen molar-refractivity contribution < 1.29 is 9.59 Å². The van der Waals surface area contributed by atoms with Gasteiger partial charge >= 0.3 is 0 Å². The van der Waals surface area contributed by atoms with E-state index in [2.05, 4.69) is 5.32 Å². The molecule has 138 valence electrons. The molecule has 0 aliphatic carbocycles. The van der Waals surface area contributed by atoms with Gasteiger partial charge in [-0.25, -0.2) is 0 Å². The second kappa shape index (κ2) is 9.04. The van der Waals surface area contributed by atoms with Crippen LogP contribution >= 0.6 is 0 Å². The average molecular weight is 353 g/mol. The summed E-state index contributed by atoms with van der Waals surface area (Å²) in [6.07, 6.45) is 0.256. The molecule has 0 fully saturated rings. The van der Waals surface area contributed by atoms with Crippen molar-refractivity contribution in [3.8, 4) is 0 Å². The number of hydrogen-bond acceptors (Lipinski definition) is 3. The van der Waals surface area contributed by atoms with Crippen LogP contribution in [0.15, 0.2) is 54.6 Å². The van der Waals surface area contributed by atoms with Gasteiger partial charge in [-0.1, -0.05) is 30.3 Å². The Hall–Kier alpha value is -2.82. The zero-order valence-electron chi connectivity index (χ0n) is 15.9. The number of benzene rings is 2. The third kappa shape index (κ3) is 5.34. The Labute approximate surface area is 155 Å². The molecule has 0 radical (unpaired) electrons. The molecule has 1 atom stereocenters. The Morgan fingerprint density at radius 1 is 0.962 bits per heavy atom. The first-order chi connectivity index (χ1) is 12.4. The molecule has 0 aliphatic heterocycles. The molecule has 1 N–H and O–H groups in total. The molecular formula is C21H27N3O2. The maximum Gasteiger partial charge on any atom is 0.223 e. The highest BCUT2D eigenvalue weighted by Crippen LogP contribution is 2.20.